The predicted octanol–water partition coefficient (Wildman–Crippen LogP) is 3.38. The van der Waals surface area contributed by atoms with Crippen molar-refractivity contribution in [1.82, 2.24) is 10.3 Å². The van der Waals surface area contributed by atoms with E-state index in [1.165, 1.54) is 7.11 Å². The minimum Gasteiger partial charge on any atom is -0.497 e. The smallest absolute Gasteiger partial charge is 0.328 e. The number of hydrogen-bond acceptors (Lipinski definition) is 4. The van der Waals surface area contributed by atoms with Gasteiger partial charge < -0.3 is 19.8 Å². The van der Waals surface area contributed by atoms with Crippen molar-refractivity contribution in [1.29, 1.82) is 0 Å². The second-order valence-electron chi connectivity index (χ2n) is 6.85. The van der Waals surface area contributed by atoms with Crippen molar-refractivity contribution in [2.75, 3.05) is 14.2 Å². The number of rotatable bonds is 8. The van der Waals surface area contributed by atoms with E-state index in [4.69, 9.17) is 9.47 Å². The fraction of sp³-hybridized carbons (Fsp3) is 0.304. The lowest BCUT2D eigenvalue weighted by molar-refractivity contribution is -0.145. The number of benzene rings is 2. The average Bonchev–Trinajstić information content (AvgIpc) is 3.10. The maximum atomic E-state index is 12.3. The van der Waals surface area contributed by atoms with E-state index in [1.807, 2.05) is 48.5 Å². The normalized spacial score (nSPS) is 11.8. The monoisotopic (exact) mass is 394 g/mol. The number of carbonyl (C=O) groups is 2. The molecule has 0 aliphatic heterocycles. The maximum Gasteiger partial charge on any atom is 0.328 e. The molecule has 0 aliphatic rings. The third kappa shape index (κ3) is 4.77. The van der Waals surface area contributed by atoms with Crippen molar-refractivity contribution >= 4 is 22.8 Å². The van der Waals surface area contributed by atoms with E-state index < -0.39 is 12.0 Å². The largest absolute Gasteiger partial charge is 0.497 e. The fourth-order valence-electron chi connectivity index (χ4n) is 3.42. The van der Waals surface area contributed by atoms with Crippen LogP contribution in [-0.2, 0) is 27.2 Å². The van der Waals surface area contributed by atoms with Gasteiger partial charge in [0, 0.05) is 35.9 Å². The number of aromatic amines is 1. The van der Waals surface area contributed by atoms with Gasteiger partial charge in [0.25, 0.3) is 0 Å². The zero-order valence-corrected chi connectivity index (χ0v) is 17.0. The van der Waals surface area contributed by atoms with Gasteiger partial charge in [0.1, 0.15) is 11.8 Å². The second-order valence-corrected chi connectivity index (χ2v) is 6.85. The standard InChI is InChI=1S/C23H26N2O4/c1-4-22(26)25-21(23(27)29-3)14-18-17-7-5-6-8-19(17)24-20(18)13-15-9-11-16(28-2)12-10-15/h5-12,21,24H,4,13-14H2,1-3H3,(H,25,26)/t21-/m0/s1. The highest BCUT2D eigenvalue weighted by atomic mass is 16.5. The number of aromatic nitrogens is 1. The zero-order valence-electron chi connectivity index (χ0n) is 17.0. The number of carbonyl (C=O) groups excluding carboxylic acids is 2. The summed E-state index contributed by atoms with van der Waals surface area (Å²) in [5, 5.41) is 3.82. The van der Waals surface area contributed by atoms with E-state index in [9.17, 15) is 9.59 Å². The molecule has 1 amide bonds. The van der Waals surface area contributed by atoms with Crippen molar-refractivity contribution in [3.63, 3.8) is 0 Å². The van der Waals surface area contributed by atoms with E-state index >= 15 is 0 Å². The highest BCUT2D eigenvalue weighted by Gasteiger charge is 2.24. The lowest BCUT2D eigenvalue weighted by Gasteiger charge is -2.17. The van der Waals surface area contributed by atoms with Gasteiger partial charge in [0.05, 0.1) is 14.2 Å². The minimum atomic E-state index is -0.735. The van der Waals surface area contributed by atoms with Crippen LogP contribution in [-0.4, -0.2) is 37.1 Å². The first-order valence-electron chi connectivity index (χ1n) is 9.64. The molecule has 1 atom stereocenters. The highest BCUT2D eigenvalue weighted by Crippen LogP contribution is 2.26. The molecule has 6 nitrogen and oxygen atoms in total. The molecule has 0 spiro atoms. The van der Waals surface area contributed by atoms with Crippen LogP contribution in [0.4, 0.5) is 0 Å². The number of hydrogen-bond donors (Lipinski definition) is 2. The predicted molar refractivity (Wildman–Crippen MR) is 112 cm³/mol. The van der Waals surface area contributed by atoms with E-state index in [0.29, 0.717) is 19.3 Å². The Morgan fingerprint density at radius 2 is 1.79 bits per heavy atom. The number of esters is 1. The molecule has 2 N–H and O–H groups in total. The van der Waals surface area contributed by atoms with E-state index in [1.54, 1.807) is 14.0 Å². The van der Waals surface area contributed by atoms with Crippen LogP contribution in [0.2, 0.25) is 0 Å². The Kier molecular flexibility index (Phi) is 6.54. The van der Waals surface area contributed by atoms with Crippen LogP contribution >= 0.6 is 0 Å². The van der Waals surface area contributed by atoms with Gasteiger partial charge in [-0.2, -0.15) is 0 Å². The molecule has 6 heteroatoms. The van der Waals surface area contributed by atoms with Crippen molar-refractivity contribution in [3.8, 4) is 5.75 Å². The fourth-order valence-corrected chi connectivity index (χ4v) is 3.42. The Morgan fingerprint density at radius 3 is 2.45 bits per heavy atom. The molecule has 2 aromatic carbocycles. The molecule has 3 rings (SSSR count). The third-order valence-corrected chi connectivity index (χ3v) is 4.99. The number of fused-ring (bicyclic) bond motifs is 1. The van der Waals surface area contributed by atoms with Gasteiger partial charge in [0.2, 0.25) is 5.91 Å². The summed E-state index contributed by atoms with van der Waals surface area (Å²) in [6.07, 6.45) is 1.33. The minimum absolute atomic E-state index is 0.183. The Morgan fingerprint density at radius 1 is 1.07 bits per heavy atom. The van der Waals surface area contributed by atoms with Crippen molar-refractivity contribution < 1.29 is 19.1 Å². The van der Waals surface area contributed by atoms with Crippen molar-refractivity contribution in [2.45, 2.75) is 32.2 Å². The third-order valence-electron chi connectivity index (χ3n) is 4.99. The summed E-state index contributed by atoms with van der Waals surface area (Å²) in [6.45, 7) is 1.75. The summed E-state index contributed by atoms with van der Waals surface area (Å²) in [5.41, 5.74) is 4.13. The SMILES string of the molecule is CCC(=O)N[C@@H](Cc1c(Cc2ccc(OC)cc2)[nH]c2ccccc12)C(=O)OC. The average molecular weight is 394 g/mol. The molecule has 1 aromatic heterocycles. The lowest BCUT2D eigenvalue weighted by Crippen LogP contribution is -2.42. The lowest BCUT2D eigenvalue weighted by atomic mass is 9.98. The topological polar surface area (TPSA) is 80.4 Å². The molecule has 0 fully saturated rings. The summed E-state index contributed by atoms with van der Waals surface area (Å²) in [5.74, 6) is 0.170. The molecule has 0 saturated heterocycles. The summed E-state index contributed by atoms with van der Waals surface area (Å²) in [6, 6.07) is 15.1. The molecular formula is C23H26N2O4. The number of amides is 1. The van der Waals surface area contributed by atoms with Crippen LogP contribution in [0.5, 0.6) is 5.75 Å². The van der Waals surface area contributed by atoms with E-state index in [-0.39, 0.29) is 5.91 Å². The Bertz CT molecular complexity index is 992. The molecular weight excluding hydrogens is 368 g/mol. The van der Waals surface area contributed by atoms with E-state index in [0.717, 1.165) is 33.5 Å². The van der Waals surface area contributed by atoms with Crippen molar-refractivity contribution in [3.05, 3.63) is 65.4 Å². The van der Waals surface area contributed by atoms with Gasteiger partial charge in [-0.15, -0.1) is 0 Å². The Hall–Kier alpha value is -3.28. The van der Waals surface area contributed by atoms with Gasteiger partial charge in [-0.05, 0) is 29.3 Å². The van der Waals surface area contributed by atoms with Crippen LogP contribution in [0.1, 0.15) is 30.2 Å². The van der Waals surface area contributed by atoms with Crippen LogP contribution < -0.4 is 10.1 Å². The van der Waals surface area contributed by atoms with Crippen LogP contribution in [0, 0.1) is 0 Å². The summed E-state index contributed by atoms with van der Waals surface area (Å²) in [4.78, 5) is 27.7. The number of ether oxygens (including phenoxy) is 2. The number of H-pyrrole nitrogens is 1. The van der Waals surface area contributed by atoms with Crippen LogP contribution in [0.15, 0.2) is 48.5 Å². The number of nitrogens with one attached hydrogen (secondary N) is 2. The van der Waals surface area contributed by atoms with Crippen LogP contribution in [0.3, 0.4) is 0 Å². The highest BCUT2D eigenvalue weighted by molar-refractivity contribution is 5.88. The molecule has 0 radical (unpaired) electrons. The van der Waals surface area contributed by atoms with Crippen molar-refractivity contribution in [2.24, 2.45) is 0 Å². The van der Waals surface area contributed by atoms with Gasteiger partial charge in [-0.25, -0.2) is 4.79 Å². The van der Waals surface area contributed by atoms with Gasteiger partial charge >= 0.3 is 5.97 Å². The molecule has 29 heavy (non-hydrogen) atoms. The first-order valence-corrected chi connectivity index (χ1v) is 9.64. The summed E-state index contributed by atoms with van der Waals surface area (Å²) < 4.78 is 10.2. The Balaban J connectivity index is 1.96. The van der Waals surface area contributed by atoms with Gasteiger partial charge in [0.15, 0.2) is 0 Å². The number of methoxy groups -OCH3 is 2. The quantitative estimate of drug-likeness (QED) is 0.574. The molecule has 0 saturated carbocycles. The molecule has 0 aliphatic carbocycles. The number of para-hydroxylation sites is 1. The molecule has 3 aromatic rings. The Labute approximate surface area is 170 Å². The van der Waals surface area contributed by atoms with Gasteiger partial charge in [-0.3, -0.25) is 4.79 Å². The maximum absolute atomic E-state index is 12.3. The first kappa shape index (κ1) is 20.5. The second kappa shape index (κ2) is 9.28. The molecule has 152 valence electrons. The van der Waals surface area contributed by atoms with Gasteiger partial charge in [-0.1, -0.05) is 37.3 Å². The van der Waals surface area contributed by atoms with Crippen LogP contribution in [0.25, 0.3) is 10.9 Å². The molecule has 1 heterocycles. The molecule has 0 unspecified atom stereocenters. The zero-order chi connectivity index (χ0) is 20.8. The first-order chi connectivity index (χ1) is 14.0. The molecule has 0 bridgehead atoms. The van der Waals surface area contributed by atoms with E-state index in [2.05, 4.69) is 10.3 Å². The summed E-state index contributed by atoms with van der Waals surface area (Å²) >= 11 is 0. The summed E-state index contributed by atoms with van der Waals surface area (Å²) in [7, 11) is 2.98.